The van der Waals surface area contributed by atoms with Crippen LogP contribution in [-0.2, 0) is 0 Å². The van der Waals surface area contributed by atoms with E-state index >= 15 is 0 Å². The number of H-pyrrole nitrogens is 1. The third-order valence-corrected chi connectivity index (χ3v) is 5.95. The average Bonchev–Trinajstić information content (AvgIpc) is 3.35. The van der Waals surface area contributed by atoms with Crippen LogP contribution in [-0.4, -0.2) is 52.2 Å². The Labute approximate surface area is 147 Å². The van der Waals surface area contributed by atoms with Crippen molar-refractivity contribution in [1.82, 2.24) is 20.1 Å². The standard InChI is InChI=1S/C16H17N5OS2/c1-11-10-24-16(17-11)21-6-4-20(5-7-21)15(22)13-9-12(18-19-13)14-3-2-8-23-14/h2-3,8-10H,4-7H2,1H3,(H,18,19). The molecule has 24 heavy (non-hydrogen) atoms. The summed E-state index contributed by atoms with van der Waals surface area (Å²) in [7, 11) is 0. The van der Waals surface area contributed by atoms with Gasteiger partial charge in [-0.05, 0) is 24.4 Å². The molecule has 6 nitrogen and oxygen atoms in total. The molecule has 3 aromatic rings. The number of hydrogen-bond donors (Lipinski definition) is 1. The van der Waals surface area contributed by atoms with Gasteiger partial charge in [-0.1, -0.05) is 6.07 Å². The number of aromatic nitrogens is 3. The summed E-state index contributed by atoms with van der Waals surface area (Å²) >= 11 is 3.29. The number of aromatic amines is 1. The Kier molecular flexibility index (Phi) is 4.07. The monoisotopic (exact) mass is 359 g/mol. The Morgan fingerprint density at radius 1 is 1.25 bits per heavy atom. The SMILES string of the molecule is Cc1csc(N2CCN(C(=O)c3cc(-c4cccs4)[nH]n3)CC2)n1. The maximum Gasteiger partial charge on any atom is 0.274 e. The van der Waals surface area contributed by atoms with Crippen molar-refractivity contribution < 1.29 is 4.79 Å². The second-order valence-corrected chi connectivity index (χ2v) is 7.48. The molecular weight excluding hydrogens is 342 g/mol. The first kappa shape index (κ1) is 15.3. The molecule has 0 aromatic carbocycles. The molecule has 0 saturated carbocycles. The van der Waals surface area contributed by atoms with Gasteiger partial charge >= 0.3 is 0 Å². The topological polar surface area (TPSA) is 65.1 Å². The quantitative estimate of drug-likeness (QED) is 0.781. The van der Waals surface area contributed by atoms with E-state index in [1.807, 2.05) is 35.4 Å². The summed E-state index contributed by atoms with van der Waals surface area (Å²) in [5, 5.41) is 12.3. The van der Waals surface area contributed by atoms with Gasteiger partial charge in [0.25, 0.3) is 5.91 Å². The molecule has 0 unspecified atom stereocenters. The number of anilines is 1. The minimum Gasteiger partial charge on any atom is -0.345 e. The van der Waals surface area contributed by atoms with Crippen LogP contribution in [0.3, 0.4) is 0 Å². The minimum absolute atomic E-state index is 0.0102. The third-order valence-electron chi connectivity index (χ3n) is 4.03. The van der Waals surface area contributed by atoms with E-state index in [1.54, 1.807) is 22.7 Å². The number of aryl methyl sites for hydroxylation is 1. The zero-order chi connectivity index (χ0) is 16.5. The van der Waals surface area contributed by atoms with Crippen molar-refractivity contribution in [3.8, 4) is 10.6 Å². The lowest BCUT2D eigenvalue weighted by Gasteiger charge is -2.34. The van der Waals surface area contributed by atoms with Crippen LogP contribution < -0.4 is 4.90 Å². The normalized spacial score (nSPS) is 15.0. The summed E-state index contributed by atoms with van der Waals surface area (Å²) in [6.07, 6.45) is 0. The molecule has 4 heterocycles. The fourth-order valence-corrected chi connectivity index (χ4v) is 4.29. The first-order valence-corrected chi connectivity index (χ1v) is 9.52. The van der Waals surface area contributed by atoms with Gasteiger partial charge in [-0.3, -0.25) is 9.89 Å². The van der Waals surface area contributed by atoms with Crippen molar-refractivity contribution >= 4 is 33.7 Å². The summed E-state index contributed by atoms with van der Waals surface area (Å²) in [4.78, 5) is 22.4. The van der Waals surface area contributed by atoms with E-state index in [0.717, 1.165) is 34.5 Å². The van der Waals surface area contributed by atoms with E-state index in [0.29, 0.717) is 18.8 Å². The highest BCUT2D eigenvalue weighted by atomic mass is 32.1. The lowest BCUT2D eigenvalue weighted by Crippen LogP contribution is -2.48. The van der Waals surface area contributed by atoms with Gasteiger partial charge < -0.3 is 9.80 Å². The van der Waals surface area contributed by atoms with Crippen molar-refractivity contribution in [2.75, 3.05) is 31.1 Å². The fourth-order valence-electron chi connectivity index (χ4n) is 2.74. The lowest BCUT2D eigenvalue weighted by atomic mass is 10.2. The maximum atomic E-state index is 12.6. The molecule has 124 valence electrons. The highest BCUT2D eigenvalue weighted by molar-refractivity contribution is 7.14. The van der Waals surface area contributed by atoms with Gasteiger partial charge in [0.2, 0.25) is 0 Å². The zero-order valence-corrected chi connectivity index (χ0v) is 14.9. The Balaban J connectivity index is 1.41. The van der Waals surface area contributed by atoms with Crippen molar-refractivity contribution in [2.24, 2.45) is 0 Å². The van der Waals surface area contributed by atoms with Crippen LogP contribution in [0, 0.1) is 6.92 Å². The average molecular weight is 359 g/mol. The number of carbonyl (C=O) groups is 1. The van der Waals surface area contributed by atoms with E-state index < -0.39 is 0 Å². The fraction of sp³-hybridized carbons (Fsp3) is 0.312. The van der Waals surface area contributed by atoms with E-state index in [4.69, 9.17) is 0 Å². The molecule has 0 aliphatic carbocycles. The summed E-state index contributed by atoms with van der Waals surface area (Å²) in [6, 6.07) is 5.84. The molecule has 1 N–H and O–H groups in total. The summed E-state index contributed by atoms with van der Waals surface area (Å²) in [6.45, 7) is 5.00. The van der Waals surface area contributed by atoms with Crippen LogP contribution >= 0.6 is 22.7 Å². The molecular formula is C16H17N5OS2. The molecule has 1 saturated heterocycles. The number of nitrogens with zero attached hydrogens (tertiary/aromatic N) is 4. The maximum absolute atomic E-state index is 12.6. The molecule has 0 radical (unpaired) electrons. The second kappa shape index (κ2) is 6.37. The zero-order valence-electron chi connectivity index (χ0n) is 13.2. The van der Waals surface area contributed by atoms with Crippen LogP contribution in [0.1, 0.15) is 16.2 Å². The highest BCUT2D eigenvalue weighted by Crippen LogP contribution is 2.24. The molecule has 1 aliphatic heterocycles. The van der Waals surface area contributed by atoms with Crippen molar-refractivity contribution in [3.05, 3.63) is 40.3 Å². The van der Waals surface area contributed by atoms with Gasteiger partial charge in [0.1, 0.15) is 0 Å². The van der Waals surface area contributed by atoms with Gasteiger partial charge in [0.05, 0.1) is 16.3 Å². The van der Waals surface area contributed by atoms with Gasteiger partial charge in [0, 0.05) is 31.6 Å². The minimum atomic E-state index is -0.0102. The van der Waals surface area contributed by atoms with Gasteiger partial charge in [-0.15, -0.1) is 22.7 Å². The molecule has 3 aromatic heterocycles. The first-order valence-electron chi connectivity index (χ1n) is 7.76. The van der Waals surface area contributed by atoms with Crippen molar-refractivity contribution in [1.29, 1.82) is 0 Å². The Morgan fingerprint density at radius 2 is 2.08 bits per heavy atom. The Morgan fingerprint density at radius 3 is 2.75 bits per heavy atom. The number of nitrogens with one attached hydrogen (secondary N) is 1. The predicted molar refractivity (Wildman–Crippen MR) is 96.9 cm³/mol. The number of amides is 1. The van der Waals surface area contributed by atoms with Gasteiger partial charge in [-0.25, -0.2) is 4.98 Å². The molecule has 0 bridgehead atoms. The predicted octanol–water partition coefficient (Wildman–Crippen LogP) is 2.87. The van der Waals surface area contributed by atoms with Crippen LogP contribution in [0.2, 0.25) is 0 Å². The number of thiophene rings is 1. The van der Waals surface area contributed by atoms with Crippen LogP contribution in [0.25, 0.3) is 10.6 Å². The van der Waals surface area contributed by atoms with Crippen LogP contribution in [0.15, 0.2) is 29.0 Å². The van der Waals surface area contributed by atoms with Crippen LogP contribution in [0.5, 0.6) is 0 Å². The lowest BCUT2D eigenvalue weighted by molar-refractivity contribution is 0.0741. The smallest absolute Gasteiger partial charge is 0.274 e. The van der Waals surface area contributed by atoms with E-state index in [2.05, 4.69) is 25.5 Å². The molecule has 4 rings (SSSR count). The summed E-state index contributed by atoms with van der Waals surface area (Å²) in [5.41, 5.74) is 2.42. The van der Waals surface area contributed by atoms with Gasteiger partial charge in [0.15, 0.2) is 10.8 Å². The first-order chi connectivity index (χ1) is 11.7. The number of rotatable bonds is 3. The number of thiazole rings is 1. The summed E-state index contributed by atoms with van der Waals surface area (Å²) in [5.74, 6) is -0.0102. The second-order valence-electron chi connectivity index (χ2n) is 5.69. The Bertz CT molecular complexity index is 830. The summed E-state index contributed by atoms with van der Waals surface area (Å²) < 4.78 is 0. The molecule has 8 heteroatoms. The molecule has 0 atom stereocenters. The number of carbonyl (C=O) groups excluding carboxylic acids is 1. The molecule has 0 spiro atoms. The number of hydrogen-bond acceptors (Lipinski definition) is 6. The van der Waals surface area contributed by atoms with Crippen LogP contribution in [0.4, 0.5) is 5.13 Å². The molecule has 1 fully saturated rings. The van der Waals surface area contributed by atoms with E-state index in [-0.39, 0.29) is 5.91 Å². The molecule has 1 amide bonds. The Hall–Kier alpha value is -2.19. The molecule has 1 aliphatic rings. The van der Waals surface area contributed by atoms with Crippen molar-refractivity contribution in [3.63, 3.8) is 0 Å². The van der Waals surface area contributed by atoms with E-state index in [9.17, 15) is 4.79 Å². The largest absolute Gasteiger partial charge is 0.345 e. The highest BCUT2D eigenvalue weighted by Gasteiger charge is 2.25. The number of piperazine rings is 1. The van der Waals surface area contributed by atoms with Crippen molar-refractivity contribution in [2.45, 2.75) is 6.92 Å². The van der Waals surface area contributed by atoms with E-state index in [1.165, 1.54) is 0 Å². The third kappa shape index (κ3) is 2.94. The van der Waals surface area contributed by atoms with Gasteiger partial charge in [-0.2, -0.15) is 5.10 Å².